The van der Waals surface area contributed by atoms with Gasteiger partial charge in [0.15, 0.2) is 0 Å². The molecule has 2 N–H and O–H groups in total. The molecule has 0 bridgehead atoms. The molecule has 0 radical (unpaired) electrons. The number of piperidine rings is 1. The number of nitrogens with one attached hydrogen (secondary N) is 2. The quantitative estimate of drug-likeness (QED) is 0.844. The van der Waals surface area contributed by atoms with Crippen LogP contribution in [0.25, 0.3) is 0 Å². The van der Waals surface area contributed by atoms with Crippen LogP contribution in [0.4, 0.5) is 10.1 Å². The molecule has 1 unspecified atom stereocenters. The highest BCUT2D eigenvalue weighted by Crippen LogP contribution is 2.28. The second-order valence-electron chi connectivity index (χ2n) is 7.36. The number of anilines is 1. The third-order valence-corrected chi connectivity index (χ3v) is 5.60. The fraction of sp³-hybridized carbons (Fsp3) is 0.650. The Morgan fingerprint density at radius 3 is 2.73 bits per heavy atom. The molecule has 0 aromatic heterocycles. The summed E-state index contributed by atoms with van der Waals surface area (Å²) in [5, 5.41) is 6.36. The molecule has 2 aliphatic rings. The zero-order valence-corrected chi connectivity index (χ0v) is 15.9. The first-order valence-electron chi connectivity index (χ1n) is 9.89. The topological polar surface area (TPSA) is 47.6 Å². The van der Waals surface area contributed by atoms with E-state index in [-0.39, 0.29) is 23.8 Å². The summed E-state index contributed by atoms with van der Waals surface area (Å²) in [6.45, 7) is 9.95. The van der Waals surface area contributed by atoms with Crippen LogP contribution in [0.1, 0.15) is 44.7 Å². The highest BCUT2D eigenvalue weighted by atomic mass is 19.1. The molecule has 1 amide bonds. The van der Waals surface area contributed by atoms with Crippen LogP contribution in [0.5, 0.6) is 0 Å². The lowest BCUT2D eigenvalue weighted by Gasteiger charge is -2.37. The highest BCUT2D eigenvalue weighted by molar-refractivity contribution is 5.82. The molecule has 1 aromatic rings. The smallest absolute Gasteiger partial charge is 0.237 e. The number of carbonyl (C=O) groups excluding carboxylic acids is 1. The Kier molecular flexibility index (Phi) is 6.48. The molecule has 26 heavy (non-hydrogen) atoms. The average molecular weight is 362 g/mol. The van der Waals surface area contributed by atoms with Crippen LogP contribution < -0.4 is 15.5 Å². The molecular weight excluding hydrogens is 331 g/mol. The number of piperazine rings is 1. The largest absolute Gasteiger partial charge is 0.369 e. The molecule has 2 atom stereocenters. The van der Waals surface area contributed by atoms with Gasteiger partial charge in [0.25, 0.3) is 0 Å². The fourth-order valence-electron chi connectivity index (χ4n) is 3.93. The molecule has 3 rings (SSSR count). The number of hydrogen-bond donors (Lipinski definition) is 2. The van der Waals surface area contributed by atoms with Crippen LogP contribution in [0, 0.1) is 5.82 Å². The molecule has 6 heteroatoms. The second kappa shape index (κ2) is 8.82. The van der Waals surface area contributed by atoms with Crippen molar-refractivity contribution in [2.45, 2.75) is 45.2 Å². The van der Waals surface area contributed by atoms with E-state index in [0.29, 0.717) is 0 Å². The third-order valence-electron chi connectivity index (χ3n) is 5.60. The molecular formula is C20H31FN4O. The fourth-order valence-corrected chi connectivity index (χ4v) is 3.93. The van der Waals surface area contributed by atoms with Crippen molar-refractivity contribution in [3.05, 3.63) is 29.6 Å². The summed E-state index contributed by atoms with van der Waals surface area (Å²) in [6, 6.07) is 4.59. The maximum Gasteiger partial charge on any atom is 0.237 e. The summed E-state index contributed by atoms with van der Waals surface area (Å²) in [5.41, 5.74) is 1.89. The van der Waals surface area contributed by atoms with E-state index in [4.69, 9.17) is 0 Å². The third kappa shape index (κ3) is 4.54. The van der Waals surface area contributed by atoms with Crippen molar-refractivity contribution in [3.63, 3.8) is 0 Å². The lowest BCUT2D eigenvalue weighted by molar-refractivity contribution is -0.124. The van der Waals surface area contributed by atoms with Gasteiger partial charge in [-0.25, -0.2) is 4.39 Å². The van der Waals surface area contributed by atoms with E-state index in [1.807, 2.05) is 13.0 Å². The first-order valence-corrected chi connectivity index (χ1v) is 9.89. The van der Waals surface area contributed by atoms with Crippen molar-refractivity contribution in [1.82, 2.24) is 15.5 Å². The average Bonchev–Trinajstić information content (AvgIpc) is 2.68. The molecule has 1 aromatic carbocycles. The normalized spacial score (nSPS) is 22.9. The Labute approximate surface area is 155 Å². The van der Waals surface area contributed by atoms with E-state index in [9.17, 15) is 9.18 Å². The van der Waals surface area contributed by atoms with Gasteiger partial charge in [-0.05, 0) is 51.1 Å². The van der Waals surface area contributed by atoms with Crippen molar-refractivity contribution in [2.75, 3.05) is 44.2 Å². The summed E-state index contributed by atoms with van der Waals surface area (Å²) < 4.78 is 13.9. The number of halogens is 1. The number of nitrogens with zero attached hydrogens (tertiary/aromatic N) is 2. The summed E-state index contributed by atoms with van der Waals surface area (Å²) in [6.07, 6.45) is 3.07. The molecule has 144 valence electrons. The van der Waals surface area contributed by atoms with Gasteiger partial charge in [0, 0.05) is 37.4 Å². The van der Waals surface area contributed by atoms with Gasteiger partial charge in [-0.2, -0.15) is 0 Å². The summed E-state index contributed by atoms with van der Waals surface area (Å²) in [4.78, 5) is 17.3. The molecule has 2 fully saturated rings. The summed E-state index contributed by atoms with van der Waals surface area (Å²) >= 11 is 0. The van der Waals surface area contributed by atoms with Gasteiger partial charge in [0.2, 0.25) is 5.91 Å². The van der Waals surface area contributed by atoms with E-state index in [0.717, 1.165) is 69.8 Å². The molecule has 2 saturated heterocycles. The molecule has 0 aliphatic carbocycles. The van der Waals surface area contributed by atoms with Crippen LogP contribution in [0.2, 0.25) is 0 Å². The number of rotatable bonds is 5. The predicted molar refractivity (Wildman–Crippen MR) is 103 cm³/mol. The van der Waals surface area contributed by atoms with Crippen LogP contribution >= 0.6 is 0 Å². The number of amides is 1. The van der Waals surface area contributed by atoms with Crippen LogP contribution in [-0.4, -0.2) is 56.1 Å². The van der Waals surface area contributed by atoms with Gasteiger partial charge in [0.05, 0.1) is 12.1 Å². The maximum atomic E-state index is 13.9. The van der Waals surface area contributed by atoms with Gasteiger partial charge in [-0.15, -0.1) is 0 Å². The van der Waals surface area contributed by atoms with E-state index < -0.39 is 0 Å². The minimum Gasteiger partial charge on any atom is -0.369 e. The SMILES string of the molecule is CCN1CCN(c2ccc(F)cc2C(C)NC(=O)[C@@H]2CCCCN2)CC1. The highest BCUT2D eigenvalue weighted by Gasteiger charge is 2.25. The van der Waals surface area contributed by atoms with Crippen molar-refractivity contribution in [3.8, 4) is 0 Å². The van der Waals surface area contributed by atoms with E-state index in [1.165, 1.54) is 6.07 Å². The predicted octanol–water partition coefficient (Wildman–Crippen LogP) is 2.29. The van der Waals surface area contributed by atoms with Crippen molar-refractivity contribution < 1.29 is 9.18 Å². The minimum atomic E-state index is -0.257. The monoisotopic (exact) mass is 362 g/mol. The minimum absolute atomic E-state index is 0.0169. The Balaban J connectivity index is 1.71. The molecule has 0 spiro atoms. The number of carbonyl (C=O) groups is 1. The van der Waals surface area contributed by atoms with E-state index in [2.05, 4.69) is 27.4 Å². The standard InChI is InChI=1S/C20H31FN4O/c1-3-24-10-12-25(13-11-24)19-8-7-16(21)14-17(19)15(2)23-20(26)18-6-4-5-9-22-18/h7-8,14-15,18,22H,3-6,9-13H2,1-2H3,(H,23,26)/t15?,18-/m0/s1. The van der Waals surface area contributed by atoms with E-state index >= 15 is 0 Å². The first kappa shape index (κ1) is 19.1. The van der Waals surface area contributed by atoms with Gasteiger partial charge in [-0.3, -0.25) is 4.79 Å². The van der Waals surface area contributed by atoms with Gasteiger partial charge in [0.1, 0.15) is 5.82 Å². The zero-order valence-electron chi connectivity index (χ0n) is 15.9. The van der Waals surface area contributed by atoms with Crippen LogP contribution in [0.3, 0.4) is 0 Å². The number of likely N-dealkylation sites (N-methyl/N-ethyl adjacent to an activating group) is 1. The molecule has 2 aliphatic heterocycles. The Morgan fingerprint density at radius 2 is 2.08 bits per heavy atom. The van der Waals surface area contributed by atoms with Crippen LogP contribution in [0.15, 0.2) is 18.2 Å². The lowest BCUT2D eigenvalue weighted by atomic mass is 10.0. The Hall–Kier alpha value is -1.66. The molecule has 0 saturated carbocycles. The van der Waals surface area contributed by atoms with Crippen molar-refractivity contribution in [1.29, 1.82) is 0 Å². The lowest BCUT2D eigenvalue weighted by Crippen LogP contribution is -2.48. The number of hydrogen-bond acceptors (Lipinski definition) is 4. The van der Waals surface area contributed by atoms with Gasteiger partial charge in [-0.1, -0.05) is 13.3 Å². The molecule has 5 nitrogen and oxygen atoms in total. The Bertz CT molecular complexity index is 610. The molecule has 2 heterocycles. The van der Waals surface area contributed by atoms with Crippen molar-refractivity contribution in [2.24, 2.45) is 0 Å². The van der Waals surface area contributed by atoms with Gasteiger partial charge >= 0.3 is 0 Å². The Morgan fingerprint density at radius 1 is 1.31 bits per heavy atom. The van der Waals surface area contributed by atoms with Crippen LogP contribution in [-0.2, 0) is 4.79 Å². The summed E-state index contributed by atoms with van der Waals surface area (Å²) in [5.74, 6) is -0.240. The first-order chi connectivity index (χ1) is 12.6. The zero-order chi connectivity index (χ0) is 18.5. The van der Waals surface area contributed by atoms with E-state index in [1.54, 1.807) is 6.07 Å². The second-order valence-corrected chi connectivity index (χ2v) is 7.36. The van der Waals surface area contributed by atoms with Crippen molar-refractivity contribution >= 4 is 11.6 Å². The summed E-state index contributed by atoms with van der Waals surface area (Å²) in [7, 11) is 0. The van der Waals surface area contributed by atoms with Gasteiger partial charge < -0.3 is 20.4 Å². The maximum absolute atomic E-state index is 13.9. The number of benzene rings is 1.